The van der Waals surface area contributed by atoms with E-state index in [1.807, 2.05) is 0 Å². The number of nitrogens with zero attached hydrogens (tertiary/aromatic N) is 3. The van der Waals surface area contributed by atoms with Crippen LogP contribution in [0.3, 0.4) is 0 Å². The molecule has 2 rings (SSSR count). The molecule has 0 aliphatic heterocycles. The Morgan fingerprint density at radius 3 is 1.96 bits per heavy atom. The molecule has 0 radical (unpaired) electrons. The predicted molar refractivity (Wildman–Crippen MR) is 91.5 cm³/mol. The van der Waals surface area contributed by atoms with Crippen LogP contribution in [0.1, 0.15) is 0 Å². The van der Waals surface area contributed by atoms with Crippen molar-refractivity contribution < 1.29 is 9.13 Å². The molecule has 0 fully saturated rings. The Labute approximate surface area is 142 Å². The molecular weight excluding hydrogens is 329 g/mol. The number of hydrogen-bond acceptors (Lipinski definition) is 4. The number of ether oxygens (including phenoxy) is 1. The molecule has 0 atom stereocenters. The summed E-state index contributed by atoms with van der Waals surface area (Å²) in [5.74, 6) is -0.531. The van der Waals surface area contributed by atoms with Crippen molar-refractivity contribution in [1.82, 2.24) is 13.7 Å². The molecule has 0 aliphatic rings. The molecule has 0 saturated heterocycles. The van der Waals surface area contributed by atoms with E-state index < -0.39 is 22.9 Å². The fourth-order valence-electron chi connectivity index (χ4n) is 2.25. The molecule has 0 amide bonds. The molecule has 0 N–H and O–H groups in total. The second kappa shape index (κ2) is 8.09. The first-order chi connectivity index (χ1) is 12.0. The Hall–Kier alpha value is -3.16. The van der Waals surface area contributed by atoms with Gasteiger partial charge in [-0.25, -0.2) is 32.5 Å². The van der Waals surface area contributed by atoms with Crippen LogP contribution in [-0.2, 0) is 19.6 Å². The monoisotopic (exact) mass is 347 g/mol. The van der Waals surface area contributed by atoms with Gasteiger partial charge in [0.1, 0.15) is 6.61 Å². The van der Waals surface area contributed by atoms with Gasteiger partial charge in [-0.2, -0.15) is 0 Å². The average molecular weight is 347 g/mol. The maximum Gasteiger partial charge on any atom is 0.336 e. The topological polar surface area (TPSA) is 75.2 Å². The Morgan fingerprint density at radius 1 is 0.920 bits per heavy atom. The highest BCUT2D eigenvalue weighted by Crippen LogP contribution is 2.14. The minimum absolute atomic E-state index is 0.0152. The van der Waals surface area contributed by atoms with Gasteiger partial charge in [0.2, 0.25) is 0 Å². The number of benzene rings is 1. The zero-order valence-corrected chi connectivity index (χ0v) is 13.6. The van der Waals surface area contributed by atoms with Gasteiger partial charge in [0.15, 0.2) is 11.6 Å². The summed E-state index contributed by atoms with van der Waals surface area (Å²) in [6, 6.07) is 5.80. The molecule has 0 saturated carbocycles. The molecule has 1 aromatic carbocycles. The van der Waals surface area contributed by atoms with Crippen LogP contribution >= 0.6 is 0 Å². The fourth-order valence-corrected chi connectivity index (χ4v) is 2.25. The maximum atomic E-state index is 13.5. The lowest BCUT2D eigenvalue weighted by molar-refractivity contribution is 0.274. The molecule has 1 aromatic heterocycles. The summed E-state index contributed by atoms with van der Waals surface area (Å²) in [4.78, 5) is 37.0. The SMILES string of the molecule is C=CCn1c(=O)n(CC=C)c(=O)n(CCOc2ccccc2F)c1=O. The lowest BCUT2D eigenvalue weighted by Gasteiger charge is -2.13. The first kappa shape index (κ1) is 18.2. The van der Waals surface area contributed by atoms with Crippen LogP contribution in [0.15, 0.2) is 64.0 Å². The van der Waals surface area contributed by atoms with Gasteiger partial charge in [-0.1, -0.05) is 24.3 Å². The van der Waals surface area contributed by atoms with Gasteiger partial charge in [0.05, 0.1) is 19.6 Å². The Morgan fingerprint density at radius 2 is 1.44 bits per heavy atom. The van der Waals surface area contributed by atoms with Crippen LogP contribution in [-0.4, -0.2) is 20.3 Å². The van der Waals surface area contributed by atoms with Crippen molar-refractivity contribution in [2.75, 3.05) is 6.61 Å². The predicted octanol–water partition coefficient (Wildman–Crippen LogP) is 0.762. The Kier molecular flexibility index (Phi) is 5.89. The molecule has 0 spiro atoms. The smallest absolute Gasteiger partial charge is 0.336 e. The van der Waals surface area contributed by atoms with Gasteiger partial charge in [0.25, 0.3) is 0 Å². The van der Waals surface area contributed by atoms with Gasteiger partial charge in [-0.05, 0) is 12.1 Å². The van der Waals surface area contributed by atoms with E-state index >= 15 is 0 Å². The summed E-state index contributed by atoms with van der Waals surface area (Å²) in [6.07, 6.45) is 2.76. The maximum absolute atomic E-state index is 13.5. The zero-order chi connectivity index (χ0) is 18.4. The summed E-state index contributed by atoms with van der Waals surface area (Å²) in [6.45, 7) is 6.66. The van der Waals surface area contributed by atoms with Crippen molar-refractivity contribution in [2.24, 2.45) is 0 Å². The van der Waals surface area contributed by atoms with Gasteiger partial charge in [0, 0.05) is 0 Å². The van der Waals surface area contributed by atoms with Crippen molar-refractivity contribution in [3.05, 3.63) is 86.8 Å². The number of rotatable bonds is 8. The number of hydrogen-bond donors (Lipinski definition) is 0. The van der Waals surface area contributed by atoms with Gasteiger partial charge in [-0.15, -0.1) is 13.2 Å². The molecule has 8 heteroatoms. The third kappa shape index (κ3) is 3.85. The Balaban J connectivity index is 2.36. The zero-order valence-electron chi connectivity index (χ0n) is 13.6. The standard InChI is InChI=1S/C17H18FN3O4/c1-3-9-19-15(22)20(10-4-2)17(24)21(16(19)23)11-12-25-14-8-6-5-7-13(14)18/h3-8H,1-2,9-12H2. The van der Waals surface area contributed by atoms with E-state index in [4.69, 9.17) is 4.74 Å². The van der Waals surface area contributed by atoms with Crippen LogP contribution in [0, 0.1) is 5.82 Å². The fraction of sp³-hybridized carbons (Fsp3) is 0.235. The molecule has 132 valence electrons. The van der Waals surface area contributed by atoms with Crippen LogP contribution in [0.2, 0.25) is 0 Å². The van der Waals surface area contributed by atoms with Crippen molar-refractivity contribution >= 4 is 0 Å². The third-order valence-corrected chi connectivity index (χ3v) is 3.42. The largest absolute Gasteiger partial charge is 0.489 e. The van der Waals surface area contributed by atoms with Crippen LogP contribution in [0.25, 0.3) is 0 Å². The van der Waals surface area contributed by atoms with Gasteiger partial charge >= 0.3 is 17.1 Å². The van der Waals surface area contributed by atoms with Crippen molar-refractivity contribution in [2.45, 2.75) is 19.6 Å². The first-order valence-corrected chi connectivity index (χ1v) is 7.54. The molecule has 2 aromatic rings. The number of para-hydroxylation sites is 1. The first-order valence-electron chi connectivity index (χ1n) is 7.54. The second-order valence-corrected chi connectivity index (χ2v) is 5.08. The van der Waals surface area contributed by atoms with Crippen molar-refractivity contribution in [1.29, 1.82) is 0 Å². The summed E-state index contributed by atoms with van der Waals surface area (Å²) in [5.41, 5.74) is -2.28. The van der Waals surface area contributed by atoms with Crippen molar-refractivity contribution in [3.63, 3.8) is 0 Å². The summed E-state index contributed by atoms with van der Waals surface area (Å²) >= 11 is 0. The number of aromatic nitrogens is 3. The van der Waals surface area contributed by atoms with Crippen LogP contribution in [0.5, 0.6) is 5.75 Å². The molecule has 0 unspecified atom stereocenters. The van der Waals surface area contributed by atoms with Gasteiger partial charge in [-0.3, -0.25) is 0 Å². The number of halogens is 1. The lowest BCUT2D eigenvalue weighted by atomic mass is 10.3. The van der Waals surface area contributed by atoms with E-state index in [1.54, 1.807) is 6.07 Å². The average Bonchev–Trinajstić information content (AvgIpc) is 2.60. The summed E-state index contributed by atoms with van der Waals surface area (Å²) in [5, 5.41) is 0. The van der Waals surface area contributed by atoms with E-state index in [0.29, 0.717) is 0 Å². The quantitative estimate of drug-likeness (QED) is 0.661. The van der Waals surface area contributed by atoms with E-state index in [0.717, 1.165) is 13.7 Å². The molecular formula is C17H18FN3O4. The second-order valence-electron chi connectivity index (χ2n) is 5.08. The van der Waals surface area contributed by atoms with E-state index in [1.165, 1.54) is 30.4 Å². The van der Waals surface area contributed by atoms with Gasteiger partial charge < -0.3 is 4.74 Å². The van der Waals surface area contributed by atoms with Crippen LogP contribution in [0.4, 0.5) is 4.39 Å². The highest BCUT2D eigenvalue weighted by atomic mass is 19.1. The third-order valence-electron chi connectivity index (χ3n) is 3.42. The van der Waals surface area contributed by atoms with E-state index in [9.17, 15) is 18.8 Å². The molecule has 25 heavy (non-hydrogen) atoms. The highest BCUT2D eigenvalue weighted by Gasteiger charge is 2.14. The lowest BCUT2D eigenvalue weighted by Crippen LogP contribution is -2.54. The van der Waals surface area contributed by atoms with E-state index in [2.05, 4.69) is 13.2 Å². The number of allylic oxidation sites excluding steroid dienone is 2. The summed E-state index contributed by atoms with van der Waals surface area (Å²) < 4.78 is 21.4. The Bertz CT molecular complexity index is 907. The molecule has 7 nitrogen and oxygen atoms in total. The molecule has 1 heterocycles. The summed E-state index contributed by atoms with van der Waals surface area (Å²) in [7, 11) is 0. The highest BCUT2D eigenvalue weighted by molar-refractivity contribution is 5.23. The van der Waals surface area contributed by atoms with Crippen molar-refractivity contribution in [3.8, 4) is 5.75 Å². The normalized spacial score (nSPS) is 10.4. The van der Waals surface area contributed by atoms with E-state index in [-0.39, 0.29) is 32.0 Å². The molecule has 0 bridgehead atoms. The van der Waals surface area contributed by atoms with Crippen LogP contribution < -0.4 is 21.8 Å². The minimum atomic E-state index is -0.771. The molecule has 0 aliphatic carbocycles. The minimum Gasteiger partial charge on any atom is -0.489 e.